The first-order valence-corrected chi connectivity index (χ1v) is 11.1. The number of aryl methyl sites for hydroxylation is 1. The van der Waals surface area contributed by atoms with E-state index in [-0.39, 0.29) is 37.4 Å². The summed E-state index contributed by atoms with van der Waals surface area (Å²) in [6.07, 6.45) is 2.23. The lowest BCUT2D eigenvalue weighted by molar-refractivity contribution is -0.133. The van der Waals surface area contributed by atoms with Crippen molar-refractivity contribution in [3.63, 3.8) is 0 Å². The van der Waals surface area contributed by atoms with Gasteiger partial charge >= 0.3 is 6.03 Å². The number of halogens is 2. The zero-order valence-corrected chi connectivity index (χ0v) is 19.4. The molecule has 1 aromatic heterocycles. The number of amides is 3. The Kier molecular flexibility index (Phi) is 8.49. The molecule has 0 aliphatic rings. The van der Waals surface area contributed by atoms with E-state index in [2.05, 4.69) is 5.32 Å². The molecule has 0 unspecified atom stereocenters. The molecule has 6 nitrogen and oxygen atoms in total. The van der Waals surface area contributed by atoms with E-state index < -0.39 is 0 Å². The first kappa shape index (κ1) is 24.3. The van der Waals surface area contributed by atoms with Crippen LogP contribution in [0.1, 0.15) is 30.2 Å². The third-order valence-corrected chi connectivity index (χ3v) is 5.50. The quantitative estimate of drug-likeness (QED) is 0.425. The molecule has 1 N–H and O–H groups in total. The zero-order chi connectivity index (χ0) is 23.8. The molecule has 33 heavy (non-hydrogen) atoms. The number of hydrogen-bond acceptors (Lipinski definition) is 3. The van der Waals surface area contributed by atoms with Crippen LogP contribution < -0.4 is 5.32 Å². The zero-order valence-electron chi connectivity index (χ0n) is 18.7. The number of benzene rings is 2. The lowest BCUT2D eigenvalue weighted by Crippen LogP contribution is -2.44. The molecule has 3 amide bonds. The Balaban J connectivity index is 1.73. The van der Waals surface area contributed by atoms with E-state index in [1.807, 2.05) is 19.9 Å². The maximum absolute atomic E-state index is 13.3. The van der Waals surface area contributed by atoms with Crippen molar-refractivity contribution in [1.29, 1.82) is 0 Å². The maximum atomic E-state index is 13.3. The number of hydrogen-bond donors (Lipinski definition) is 1. The van der Waals surface area contributed by atoms with Crippen molar-refractivity contribution in [3.8, 4) is 0 Å². The van der Waals surface area contributed by atoms with E-state index >= 15 is 0 Å². The predicted molar refractivity (Wildman–Crippen MR) is 126 cm³/mol. The number of rotatable bonds is 9. The van der Waals surface area contributed by atoms with Gasteiger partial charge in [-0.3, -0.25) is 4.79 Å². The van der Waals surface area contributed by atoms with Gasteiger partial charge in [-0.05, 0) is 60.9 Å². The van der Waals surface area contributed by atoms with Gasteiger partial charge < -0.3 is 19.5 Å². The van der Waals surface area contributed by atoms with Gasteiger partial charge in [-0.15, -0.1) is 0 Å². The molecular weight excluding hydrogens is 445 g/mol. The largest absolute Gasteiger partial charge is 0.467 e. The van der Waals surface area contributed by atoms with Crippen molar-refractivity contribution in [3.05, 3.63) is 88.6 Å². The van der Waals surface area contributed by atoms with E-state index in [1.165, 1.54) is 17.0 Å². The maximum Gasteiger partial charge on any atom is 0.322 e. The molecule has 8 heteroatoms. The Morgan fingerprint density at radius 1 is 1.06 bits per heavy atom. The monoisotopic (exact) mass is 471 g/mol. The van der Waals surface area contributed by atoms with Gasteiger partial charge in [0.2, 0.25) is 5.91 Å². The number of carbonyl (C=O) groups excluding carboxylic acids is 2. The predicted octanol–water partition coefficient (Wildman–Crippen LogP) is 5.85. The SMILES string of the molecule is CCCN(CC(=O)N(Cc1ccc(F)cc1)Cc1ccco1)C(=O)Nc1ccc(C)c(Cl)c1. The van der Waals surface area contributed by atoms with Crippen LogP contribution in [0.25, 0.3) is 0 Å². The van der Waals surface area contributed by atoms with Gasteiger partial charge in [0.15, 0.2) is 0 Å². The van der Waals surface area contributed by atoms with Gasteiger partial charge in [-0.2, -0.15) is 0 Å². The van der Waals surface area contributed by atoms with Gasteiger partial charge in [-0.1, -0.05) is 36.7 Å². The summed E-state index contributed by atoms with van der Waals surface area (Å²) in [6.45, 7) is 4.61. The second kappa shape index (κ2) is 11.5. The highest BCUT2D eigenvalue weighted by atomic mass is 35.5. The molecule has 174 valence electrons. The molecule has 1 heterocycles. The highest BCUT2D eigenvalue weighted by Crippen LogP contribution is 2.20. The first-order chi connectivity index (χ1) is 15.9. The van der Waals surface area contributed by atoms with Crippen molar-refractivity contribution in [2.24, 2.45) is 0 Å². The van der Waals surface area contributed by atoms with E-state index in [0.29, 0.717) is 29.4 Å². The Morgan fingerprint density at radius 2 is 1.82 bits per heavy atom. The third-order valence-electron chi connectivity index (χ3n) is 5.10. The summed E-state index contributed by atoms with van der Waals surface area (Å²) in [5.74, 6) is 0.0252. The molecule has 0 saturated carbocycles. The molecule has 0 bridgehead atoms. The summed E-state index contributed by atoms with van der Waals surface area (Å²) in [4.78, 5) is 29.2. The Labute approximate surface area is 197 Å². The Morgan fingerprint density at radius 3 is 2.45 bits per heavy atom. The van der Waals surface area contributed by atoms with Crippen LogP contribution in [-0.4, -0.2) is 34.8 Å². The number of carbonyl (C=O) groups is 2. The summed E-state index contributed by atoms with van der Waals surface area (Å²) in [7, 11) is 0. The third kappa shape index (κ3) is 7.08. The highest BCUT2D eigenvalue weighted by Gasteiger charge is 2.22. The van der Waals surface area contributed by atoms with Gasteiger partial charge in [0, 0.05) is 23.8 Å². The standard InChI is InChI=1S/C25H27ClFN3O3/c1-3-12-29(25(32)28-21-11-6-18(2)23(26)14-21)17-24(31)30(16-22-5-4-13-33-22)15-19-7-9-20(27)10-8-19/h4-11,13-14H,3,12,15-17H2,1-2H3,(H,28,32). The van der Waals surface area contributed by atoms with Gasteiger partial charge in [0.1, 0.15) is 18.1 Å². The molecule has 2 aromatic carbocycles. The fourth-order valence-corrected chi connectivity index (χ4v) is 3.47. The summed E-state index contributed by atoms with van der Waals surface area (Å²) in [5, 5.41) is 3.36. The molecule has 0 radical (unpaired) electrons. The lowest BCUT2D eigenvalue weighted by atomic mass is 10.2. The van der Waals surface area contributed by atoms with Crippen LogP contribution >= 0.6 is 11.6 Å². The molecule has 0 aliphatic carbocycles. The summed E-state index contributed by atoms with van der Waals surface area (Å²) in [6, 6.07) is 14.4. The minimum Gasteiger partial charge on any atom is -0.467 e. The van der Waals surface area contributed by atoms with Crippen molar-refractivity contribution in [1.82, 2.24) is 9.80 Å². The molecule has 0 fully saturated rings. The molecule has 0 saturated heterocycles. The van der Waals surface area contributed by atoms with Crippen LogP contribution in [0.5, 0.6) is 0 Å². The molecule has 3 rings (SSSR count). The Hall–Kier alpha value is -3.32. The summed E-state index contributed by atoms with van der Waals surface area (Å²) >= 11 is 6.16. The van der Waals surface area contributed by atoms with Crippen molar-refractivity contribution < 1.29 is 18.4 Å². The fraction of sp³-hybridized carbons (Fsp3) is 0.280. The fourth-order valence-electron chi connectivity index (χ4n) is 3.29. The van der Waals surface area contributed by atoms with Crippen LogP contribution in [0.15, 0.2) is 65.3 Å². The molecule has 0 atom stereocenters. The second-order valence-electron chi connectivity index (χ2n) is 7.77. The van der Waals surface area contributed by atoms with Gasteiger partial charge in [0.25, 0.3) is 0 Å². The second-order valence-corrected chi connectivity index (χ2v) is 8.18. The smallest absolute Gasteiger partial charge is 0.322 e. The van der Waals surface area contributed by atoms with Crippen molar-refractivity contribution in [2.75, 3.05) is 18.4 Å². The number of furan rings is 1. The van der Waals surface area contributed by atoms with E-state index in [9.17, 15) is 14.0 Å². The van der Waals surface area contributed by atoms with Crippen LogP contribution in [0, 0.1) is 12.7 Å². The minimum absolute atomic E-state index is 0.110. The summed E-state index contributed by atoms with van der Waals surface area (Å²) < 4.78 is 18.7. The first-order valence-electron chi connectivity index (χ1n) is 10.7. The molecule has 0 aliphatic heterocycles. The van der Waals surface area contributed by atoms with Crippen molar-refractivity contribution in [2.45, 2.75) is 33.4 Å². The van der Waals surface area contributed by atoms with Gasteiger partial charge in [-0.25, -0.2) is 9.18 Å². The van der Waals surface area contributed by atoms with Crippen molar-refractivity contribution >= 4 is 29.2 Å². The number of urea groups is 1. The average molecular weight is 472 g/mol. The number of nitrogens with one attached hydrogen (secondary N) is 1. The van der Waals surface area contributed by atoms with Crippen LogP contribution in [0.3, 0.4) is 0 Å². The van der Waals surface area contributed by atoms with Crippen LogP contribution in [-0.2, 0) is 17.9 Å². The van der Waals surface area contributed by atoms with E-state index in [0.717, 1.165) is 11.1 Å². The summed E-state index contributed by atoms with van der Waals surface area (Å²) in [5.41, 5.74) is 2.24. The van der Waals surface area contributed by atoms with E-state index in [1.54, 1.807) is 47.6 Å². The lowest BCUT2D eigenvalue weighted by Gasteiger charge is -2.27. The topological polar surface area (TPSA) is 65.8 Å². The molecule has 0 spiro atoms. The number of nitrogens with zero attached hydrogens (tertiary/aromatic N) is 2. The van der Waals surface area contributed by atoms with Crippen LogP contribution in [0.4, 0.5) is 14.9 Å². The highest BCUT2D eigenvalue weighted by molar-refractivity contribution is 6.31. The molecule has 3 aromatic rings. The normalized spacial score (nSPS) is 10.7. The Bertz CT molecular complexity index is 1070. The van der Waals surface area contributed by atoms with Gasteiger partial charge in [0.05, 0.1) is 12.8 Å². The molecular formula is C25H27ClFN3O3. The number of anilines is 1. The van der Waals surface area contributed by atoms with Crippen LogP contribution in [0.2, 0.25) is 5.02 Å². The minimum atomic E-state index is -0.384. The average Bonchev–Trinajstić information content (AvgIpc) is 3.30. The van der Waals surface area contributed by atoms with E-state index in [4.69, 9.17) is 16.0 Å².